The number of hydrogen-bond acceptors (Lipinski definition) is 4. The Hall–Kier alpha value is -2.40. The molecule has 1 aliphatic heterocycles. The van der Waals surface area contributed by atoms with Gasteiger partial charge in [-0.15, -0.1) is 0 Å². The third-order valence-electron chi connectivity index (χ3n) is 4.16. The number of benzene rings is 1. The van der Waals surface area contributed by atoms with Crippen molar-refractivity contribution < 1.29 is 14.3 Å². The van der Waals surface area contributed by atoms with E-state index in [1.54, 1.807) is 4.90 Å². The number of amides is 1. The average molecular weight is 345 g/mol. The first-order chi connectivity index (χ1) is 11.3. The zero-order valence-corrected chi connectivity index (χ0v) is 14.4. The number of fused-ring (bicyclic) bond motifs is 1. The van der Waals surface area contributed by atoms with E-state index in [4.69, 9.17) is 11.6 Å². The Morgan fingerprint density at radius 1 is 1.25 bits per heavy atom. The van der Waals surface area contributed by atoms with E-state index in [1.807, 2.05) is 18.2 Å². The normalized spacial score (nSPS) is 15.1. The molecule has 5 nitrogen and oxygen atoms in total. The summed E-state index contributed by atoms with van der Waals surface area (Å²) in [5, 5.41) is 0.654. The molecule has 0 saturated carbocycles. The zero-order valence-electron chi connectivity index (χ0n) is 13.7. The van der Waals surface area contributed by atoms with Crippen molar-refractivity contribution in [3.8, 4) is 0 Å². The van der Waals surface area contributed by atoms with E-state index in [2.05, 4.69) is 23.6 Å². The number of pyridine rings is 1. The van der Waals surface area contributed by atoms with Gasteiger partial charge in [0.05, 0.1) is 12.7 Å². The molecule has 0 radical (unpaired) electrons. The van der Waals surface area contributed by atoms with Crippen molar-refractivity contribution in [2.75, 3.05) is 18.6 Å². The number of carbonyl (C=O) groups excluding carboxylic acids is 2. The van der Waals surface area contributed by atoms with E-state index in [0.717, 1.165) is 11.3 Å². The van der Waals surface area contributed by atoms with Gasteiger partial charge in [0.25, 0.3) is 5.91 Å². The van der Waals surface area contributed by atoms with Gasteiger partial charge in [-0.1, -0.05) is 31.5 Å². The fourth-order valence-corrected chi connectivity index (χ4v) is 3.47. The van der Waals surface area contributed by atoms with Crippen molar-refractivity contribution in [1.29, 1.82) is 0 Å². The van der Waals surface area contributed by atoms with Crippen LogP contribution in [0.25, 0.3) is 0 Å². The number of hydrogen-bond donors (Lipinski definition) is 0. The monoisotopic (exact) mass is 344 g/mol. The molecule has 0 N–H and O–H groups in total. The van der Waals surface area contributed by atoms with Crippen LogP contribution >= 0.6 is 11.6 Å². The SMILES string of the molecule is COC(=O)c1ccc(C(=O)N2CC(C)(C)c3c(Cl)cccc32)nc1. The summed E-state index contributed by atoms with van der Waals surface area (Å²) in [6.45, 7) is 4.63. The van der Waals surface area contributed by atoms with Gasteiger partial charge < -0.3 is 9.64 Å². The Morgan fingerprint density at radius 2 is 2.00 bits per heavy atom. The van der Waals surface area contributed by atoms with Crippen molar-refractivity contribution in [1.82, 2.24) is 4.98 Å². The molecule has 1 aromatic carbocycles. The van der Waals surface area contributed by atoms with Gasteiger partial charge in [0.1, 0.15) is 5.69 Å². The highest BCUT2D eigenvalue weighted by Crippen LogP contribution is 2.44. The van der Waals surface area contributed by atoms with E-state index >= 15 is 0 Å². The number of ether oxygens (including phenoxy) is 1. The smallest absolute Gasteiger partial charge is 0.339 e. The van der Waals surface area contributed by atoms with Crippen LogP contribution in [0.2, 0.25) is 5.02 Å². The fraction of sp³-hybridized carbons (Fsp3) is 0.278. The van der Waals surface area contributed by atoms with E-state index in [1.165, 1.54) is 25.4 Å². The lowest BCUT2D eigenvalue weighted by Gasteiger charge is -2.20. The second-order valence-corrected chi connectivity index (χ2v) is 6.74. The molecule has 2 heterocycles. The number of carbonyl (C=O) groups is 2. The topological polar surface area (TPSA) is 59.5 Å². The highest BCUT2D eigenvalue weighted by Gasteiger charge is 2.40. The van der Waals surface area contributed by atoms with Crippen molar-refractivity contribution in [2.45, 2.75) is 19.3 Å². The van der Waals surface area contributed by atoms with E-state index < -0.39 is 5.97 Å². The fourth-order valence-electron chi connectivity index (χ4n) is 3.05. The Labute approximate surface area is 145 Å². The van der Waals surface area contributed by atoms with Crippen LogP contribution in [0.3, 0.4) is 0 Å². The largest absolute Gasteiger partial charge is 0.465 e. The van der Waals surface area contributed by atoms with E-state index in [9.17, 15) is 9.59 Å². The molecule has 0 saturated heterocycles. The number of aromatic nitrogens is 1. The van der Waals surface area contributed by atoms with Crippen LogP contribution in [0.15, 0.2) is 36.5 Å². The van der Waals surface area contributed by atoms with Crippen LogP contribution in [-0.4, -0.2) is 30.5 Å². The first-order valence-corrected chi connectivity index (χ1v) is 7.88. The van der Waals surface area contributed by atoms with Crippen LogP contribution < -0.4 is 4.90 Å². The number of rotatable bonds is 2. The number of halogens is 1. The standard InChI is InChI=1S/C18H17ClN2O3/c1-18(2)10-21(14-6-4-5-12(19)15(14)18)16(22)13-8-7-11(9-20-13)17(23)24-3/h4-9H,10H2,1-3H3. The Bertz CT molecular complexity index is 816. The molecule has 3 rings (SSSR count). The van der Waals surface area contributed by atoms with Gasteiger partial charge in [-0.25, -0.2) is 4.79 Å². The van der Waals surface area contributed by atoms with Gasteiger partial charge in [-0.05, 0) is 24.3 Å². The summed E-state index contributed by atoms with van der Waals surface area (Å²) in [5.74, 6) is -0.707. The summed E-state index contributed by atoms with van der Waals surface area (Å²) in [6, 6.07) is 8.61. The molecule has 24 heavy (non-hydrogen) atoms. The van der Waals surface area contributed by atoms with Gasteiger partial charge in [0, 0.05) is 34.4 Å². The Kier molecular flexibility index (Phi) is 4.05. The van der Waals surface area contributed by atoms with Crippen molar-refractivity contribution in [3.63, 3.8) is 0 Å². The second-order valence-electron chi connectivity index (χ2n) is 6.33. The molecular weight excluding hydrogens is 328 g/mol. The molecule has 0 aliphatic carbocycles. The third-order valence-corrected chi connectivity index (χ3v) is 4.48. The number of anilines is 1. The number of nitrogens with zero attached hydrogens (tertiary/aromatic N) is 2. The molecule has 0 unspecified atom stereocenters. The predicted molar refractivity (Wildman–Crippen MR) is 91.7 cm³/mol. The van der Waals surface area contributed by atoms with Crippen LogP contribution in [0.5, 0.6) is 0 Å². The second kappa shape index (κ2) is 5.91. The van der Waals surface area contributed by atoms with Gasteiger partial charge in [-0.3, -0.25) is 9.78 Å². The minimum absolute atomic E-state index is 0.222. The van der Waals surface area contributed by atoms with Crippen molar-refractivity contribution in [2.24, 2.45) is 0 Å². The minimum atomic E-state index is -0.485. The van der Waals surface area contributed by atoms with Gasteiger partial charge in [0.15, 0.2) is 0 Å². The summed E-state index contributed by atoms with van der Waals surface area (Å²) in [7, 11) is 1.30. The molecular formula is C18H17ClN2O3. The first kappa shape index (κ1) is 16.5. The maximum atomic E-state index is 12.9. The molecule has 0 spiro atoms. The van der Waals surface area contributed by atoms with Crippen LogP contribution in [-0.2, 0) is 10.2 Å². The van der Waals surface area contributed by atoms with E-state index in [-0.39, 0.29) is 17.0 Å². The van der Waals surface area contributed by atoms with Crippen molar-refractivity contribution in [3.05, 3.63) is 58.4 Å². The lowest BCUT2D eigenvalue weighted by molar-refractivity contribution is 0.0600. The molecule has 124 valence electrons. The van der Waals surface area contributed by atoms with Crippen LogP contribution in [0.1, 0.15) is 40.3 Å². The number of esters is 1. The highest BCUT2D eigenvalue weighted by atomic mass is 35.5. The zero-order chi connectivity index (χ0) is 17.5. The molecule has 1 aliphatic rings. The lowest BCUT2D eigenvalue weighted by atomic mass is 9.87. The average Bonchev–Trinajstić information content (AvgIpc) is 2.86. The molecule has 1 amide bonds. The molecule has 2 aromatic rings. The highest BCUT2D eigenvalue weighted by molar-refractivity contribution is 6.32. The molecule has 6 heteroatoms. The van der Waals surface area contributed by atoms with Crippen LogP contribution in [0.4, 0.5) is 5.69 Å². The van der Waals surface area contributed by atoms with Crippen LogP contribution in [0, 0.1) is 0 Å². The Morgan fingerprint density at radius 3 is 2.62 bits per heavy atom. The number of methoxy groups -OCH3 is 1. The molecule has 1 aromatic heterocycles. The maximum absolute atomic E-state index is 12.9. The summed E-state index contributed by atoms with van der Waals surface area (Å²) in [6.07, 6.45) is 1.35. The summed E-state index contributed by atoms with van der Waals surface area (Å²) in [5.41, 5.74) is 2.10. The summed E-state index contributed by atoms with van der Waals surface area (Å²) in [4.78, 5) is 30.1. The minimum Gasteiger partial charge on any atom is -0.465 e. The third kappa shape index (κ3) is 2.65. The summed E-state index contributed by atoms with van der Waals surface area (Å²) >= 11 is 6.34. The molecule has 0 bridgehead atoms. The maximum Gasteiger partial charge on any atom is 0.339 e. The lowest BCUT2D eigenvalue weighted by Crippen LogP contribution is -2.34. The quantitative estimate of drug-likeness (QED) is 0.783. The predicted octanol–water partition coefficient (Wildman–Crippen LogP) is 3.46. The van der Waals surface area contributed by atoms with Gasteiger partial charge in [-0.2, -0.15) is 0 Å². The van der Waals surface area contributed by atoms with Gasteiger partial charge >= 0.3 is 5.97 Å². The Balaban J connectivity index is 1.95. The first-order valence-electron chi connectivity index (χ1n) is 7.50. The van der Waals surface area contributed by atoms with Gasteiger partial charge in [0.2, 0.25) is 0 Å². The molecule has 0 fully saturated rings. The van der Waals surface area contributed by atoms with Crippen molar-refractivity contribution >= 4 is 29.2 Å². The van der Waals surface area contributed by atoms with E-state index in [0.29, 0.717) is 17.1 Å². The molecule has 0 atom stereocenters. The summed E-state index contributed by atoms with van der Waals surface area (Å²) < 4.78 is 4.63.